The molecule has 20 heavy (non-hydrogen) atoms. The lowest BCUT2D eigenvalue weighted by molar-refractivity contribution is -0.732. The molecule has 0 amide bonds. The minimum Gasteiger partial charge on any atom is -0.455 e. The zero-order chi connectivity index (χ0) is 14.8. The summed E-state index contributed by atoms with van der Waals surface area (Å²) < 4.78 is 5.87. The summed E-state index contributed by atoms with van der Waals surface area (Å²) in [6, 6.07) is 11.9. The molecule has 0 saturated carbocycles. The highest BCUT2D eigenvalue weighted by Gasteiger charge is 2.14. The van der Waals surface area contributed by atoms with Crippen molar-refractivity contribution in [1.29, 1.82) is 0 Å². The topological polar surface area (TPSA) is 50.0 Å². The van der Waals surface area contributed by atoms with Crippen molar-refractivity contribution in [3.05, 3.63) is 47.7 Å². The molecule has 0 radical (unpaired) electrons. The Labute approximate surface area is 120 Å². The van der Waals surface area contributed by atoms with E-state index >= 15 is 0 Å². The van der Waals surface area contributed by atoms with E-state index in [-0.39, 0.29) is 5.54 Å². The molecule has 0 aliphatic rings. The van der Waals surface area contributed by atoms with E-state index in [1.165, 1.54) is 0 Å². The lowest BCUT2D eigenvalue weighted by atomic mass is 10.1. The molecule has 3 heteroatoms. The van der Waals surface area contributed by atoms with Gasteiger partial charge in [0, 0.05) is 5.56 Å². The van der Waals surface area contributed by atoms with Crippen molar-refractivity contribution in [3.8, 4) is 11.3 Å². The highest BCUT2D eigenvalue weighted by Crippen LogP contribution is 2.23. The average Bonchev–Trinajstić information content (AvgIpc) is 2.84. The monoisotopic (exact) mass is 274 g/mol. The Bertz CT molecular complexity index is 547. The molecule has 2 aromatic rings. The van der Waals surface area contributed by atoms with Gasteiger partial charge in [-0.3, -0.25) is 0 Å². The van der Waals surface area contributed by atoms with Crippen molar-refractivity contribution in [2.75, 3.05) is 0 Å². The quantitative estimate of drug-likeness (QED) is 0.900. The first-order valence-electron chi connectivity index (χ1n) is 7.07. The van der Waals surface area contributed by atoms with Crippen molar-refractivity contribution in [2.24, 2.45) is 0 Å². The van der Waals surface area contributed by atoms with Gasteiger partial charge in [-0.25, -0.2) is 0 Å². The van der Waals surface area contributed by atoms with E-state index in [1.54, 1.807) is 6.92 Å². The number of furan rings is 1. The second-order valence-corrected chi connectivity index (χ2v) is 6.34. The molecule has 3 N–H and O–H groups in total. The van der Waals surface area contributed by atoms with Gasteiger partial charge < -0.3 is 14.8 Å². The van der Waals surface area contributed by atoms with Gasteiger partial charge in [0.1, 0.15) is 12.3 Å². The third-order valence-corrected chi connectivity index (χ3v) is 3.25. The largest absolute Gasteiger partial charge is 0.455 e. The number of aliphatic hydroxyl groups is 1. The Morgan fingerprint density at radius 2 is 1.75 bits per heavy atom. The summed E-state index contributed by atoms with van der Waals surface area (Å²) in [5.41, 5.74) is 2.16. The molecule has 0 aliphatic heterocycles. The average molecular weight is 274 g/mol. The van der Waals surface area contributed by atoms with Crippen LogP contribution < -0.4 is 5.32 Å². The van der Waals surface area contributed by atoms with Crippen LogP contribution in [0.3, 0.4) is 0 Å². The highest BCUT2D eigenvalue weighted by molar-refractivity contribution is 5.58. The van der Waals surface area contributed by atoms with Crippen LogP contribution in [-0.4, -0.2) is 10.6 Å². The second-order valence-electron chi connectivity index (χ2n) is 6.34. The third-order valence-electron chi connectivity index (χ3n) is 3.25. The van der Waals surface area contributed by atoms with Gasteiger partial charge in [-0.1, -0.05) is 24.3 Å². The van der Waals surface area contributed by atoms with Crippen molar-refractivity contribution in [1.82, 2.24) is 0 Å². The molecular formula is C17H24NO2+. The Morgan fingerprint density at radius 3 is 2.30 bits per heavy atom. The van der Waals surface area contributed by atoms with Gasteiger partial charge in [0.05, 0.1) is 11.6 Å². The fourth-order valence-electron chi connectivity index (χ4n) is 1.98. The van der Waals surface area contributed by atoms with Crippen molar-refractivity contribution >= 4 is 0 Å². The fraction of sp³-hybridized carbons (Fsp3) is 0.412. The maximum absolute atomic E-state index is 9.51. The highest BCUT2D eigenvalue weighted by atomic mass is 16.3. The number of aliphatic hydroxyl groups excluding tert-OH is 1. The van der Waals surface area contributed by atoms with Gasteiger partial charge in [-0.05, 0) is 45.4 Å². The molecule has 2 rings (SSSR count). The maximum atomic E-state index is 9.51. The number of rotatable bonds is 4. The number of hydrogen-bond donors (Lipinski definition) is 2. The number of nitrogens with two attached hydrogens (primary N) is 1. The molecule has 0 spiro atoms. The zero-order valence-electron chi connectivity index (χ0n) is 12.7. The van der Waals surface area contributed by atoms with Crippen LogP contribution in [0.15, 0.2) is 40.8 Å². The minimum absolute atomic E-state index is 0.200. The molecule has 1 heterocycles. The lowest BCUT2D eigenvalue weighted by Crippen LogP contribution is -2.92. The maximum Gasteiger partial charge on any atom is 0.158 e. The third kappa shape index (κ3) is 3.95. The second kappa shape index (κ2) is 5.81. The van der Waals surface area contributed by atoms with Gasteiger partial charge in [0.25, 0.3) is 0 Å². The number of benzene rings is 1. The van der Waals surface area contributed by atoms with E-state index in [1.807, 2.05) is 36.4 Å². The molecule has 0 unspecified atom stereocenters. The van der Waals surface area contributed by atoms with Crippen LogP contribution in [0.5, 0.6) is 0 Å². The van der Waals surface area contributed by atoms with E-state index < -0.39 is 6.10 Å². The Morgan fingerprint density at radius 1 is 1.10 bits per heavy atom. The van der Waals surface area contributed by atoms with E-state index in [0.717, 1.165) is 29.2 Å². The van der Waals surface area contributed by atoms with Crippen molar-refractivity contribution in [3.63, 3.8) is 0 Å². The van der Waals surface area contributed by atoms with Crippen molar-refractivity contribution in [2.45, 2.75) is 45.9 Å². The summed E-state index contributed by atoms with van der Waals surface area (Å²) in [7, 11) is 0. The number of hydrogen-bond acceptors (Lipinski definition) is 2. The molecule has 1 aromatic heterocycles. The Hall–Kier alpha value is -1.58. The molecule has 108 valence electrons. The molecule has 3 nitrogen and oxygen atoms in total. The summed E-state index contributed by atoms with van der Waals surface area (Å²) in [6.07, 6.45) is -0.433. The van der Waals surface area contributed by atoms with Crippen LogP contribution in [0.2, 0.25) is 0 Å². The molecule has 0 saturated heterocycles. The zero-order valence-corrected chi connectivity index (χ0v) is 12.7. The first kappa shape index (κ1) is 14.8. The summed E-state index contributed by atoms with van der Waals surface area (Å²) in [5.74, 6) is 1.86. The summed E-state index contributed by atoms with van der Waals surface area (Å²) >= 11 is 0. The summed E-state index contributed by atoms with van der Waals surface area (Å²) in [6.45, 7) is 9.17. The minimum atomic E-state index is -0.433. The number of quaternary nitrogens is 1. The van der Waals surface area contributed by atoms with Gasteiger partial charge in [-0.15, -0.1) is 0 Å². The summed E-state index contributed by atoms with van der Waals surface area (Å²) in [5, 5.41) is 11.8. The molecule has 1 atom stereocenters. The molecular weight excluding hydrogens is 250 g/mol. The fourth-order valence-corrected chi connectivity index (χ4v) is 1.98. The van der Waals surface area contributed by atoms with E-state index in [0.29, 0.717) is 0 Å². The summed E-state index contributed by atoms with van der Waals surface area (Å²) in [4.78, 5) is 0. The van der Waals surface area contributed by atoms with Crippen LogP contribution in [0.25, 0.3) is 11.3 Å². The van der Waals surface area contributed by atoms with E-state index in [2.05, 4.69) is 26.1 Å². The predicted octanol–water partition coefficient (Wildman–Crippen LogP) is 2.86. The molecule has 1 aromatic carbocycles. The normalized spacial score (nSPS) is 13.4. The molecule has 0 bridgehead atoms. The van der Waals surface area contributed by atoms with Crippen LogP contribution in [0.1, 0.15) is 45.1 Å². The van der Waals surface area contributed by atoms with Crippen molar-refractivity contribution < 1.29 is 14.8 Å². The van der Waals surface area contributed by atoms with Crippen LogP contribution >= 0.6 is 0 Å². The standard InChI is InChI=1S/C17H23NO2/c1-12(19)13-5-7-14(8-6-13)16-10-9-15(20-16)11-18-17(2,3)4/h5-10,12,18-19H,11H2,1-4H3/p+1/t12-/m1/s1. The Balaban J connectivity index is 2.08. The van der Waals surface area contributed by atoms with Crippen LogP contribution in [0, 0.1) is 0 Å². The van der Waals surface area contributed by atoms with Gasteiger partial charge in [0.15, 0.2) is 5.76 Å². The van der Waals surface area contributed by atoms with Gasteiger partial charge in [0.2, 0.25) is 0 Å². The van der Waals surface area contributed by atoms with E-state index in [9.17, 15) is 5.11 Å². The lowest BCUT2D eigenvalue weighted by Gasteiger charge is -2.15. The SMILES string of the molecule is C[C@@H](O)c1ccc(-c2ccc(C[NH2+]C(C)(C)C)o2)cc1. The first-order chi connectivity index (χ1) is 9.35. The predicted molar refractivity (Wildman–Crippen MR) is 80.2 cm³/mol. The van der Waals surface area contributed by atoms with Crippen LogP contribution in [-0.2, 0) is 6.54 Å². The first-order valence-corrected chi connectivity index (χ1v) is 7.07. The molecule has 0 aliphatic carbocycles. The van der Waals surface area contributed by atoms with E-state index in [4.69, 9.17) is 4.42 Å². The van der Waals surface area contributed by atoms with Gasteiger partial charge >= 0.3 is 0 Å². The smallest absolute Gasteiger partial charge is 0.158 e. The Kier molecular flexibility index (Phi) is 4.31. The van der Waals surface area contributed by atoms with Gasteiger partial charge in [-0.2, -0.15) is 0 Å². The van der Waals surface area contributed by atoms with Crippen LogP contribution in [0.4, 0.5) is 0 Å². The molecule has 0 fully saturated rings.